The molecule has 5 rings (SSSR count). The molecular weight excluding hydrogens is 378 g/mol. The lowest BCUT2D eigenvalue weighted by Gasteiger charge is -2.33. The van der Waals surface area contributed by atoms with Crippen molar-refractivity contribution in [3.8, 4) is 0 Å². The van der Waals surface area contributed by atoms with Gasteiger partial charge in [-0.15, -0.1) is 0 Å². The third kappa shape index (κ3) is 3.91. The van der Waals surface area contributed by atoms with E-state index >= 15 is 0 Å². The predicted octanol–water partition coefficient (Wildman–Crippen LogP) is 3.45. The van der Waals surface area contributed by atoms with Crippen molar-refractivity contribution >= 4 is 16.7 Å². The van der Waals surface area contributed by atoms with Crippen LogP contribution in [0.25, 0.3) is 10.8 Å². The van der Waals surface area contributed by atoms with Crippen LogP contribution in [-0.2, 0) is 17.9 Å². The first kappa shape index (κ1) is 19.1. The van der Waals surface area contributed by atoms with E-state index in [-0.39, 0.29) is 0 Å². The Morgan fingerprint density at radius 2 is 1.90 bits per heavy atom. The molecule has 3 heterocycles. The van der Waals surface area contributed by atoms with Crippen molar-refractivity contribution in [1.29, 1.82) is 0 Å². The topological polar surface area (TPSA) is 66.1 Å². The molecule has 0 bridgehead atoms. The van der Waals surface area contributed by atoms with Gasteiger partial charge in [0, 0.05) is 39.4 Å². The molecule has 1 N–H and O–H groups in total. The van der Waals surface area contributed by atoms with Gasteiger partial charge in [-0.25, -0.2) is 20.3 Å². The summed E-state index contributed by atoms with van der Waals surface area (Å²) in [5, 5.41) is 2.47. The number of rotatable bonds is 4. The SMILES string of the molecule is Cc1nc(CN(Cc2ccc3ccccc3c2)C2=NC3(CCN(C)CC3)ON2)co1. The summed E-state index contributed by atoms with van der Waals surface area (Å²) in [7, 11) is 2.14. The maximum absolute atomic E-state index is 6.01. The van der Waals surface area contributed by atoms with E-state index in [4.69, 9.17) is 14.2 Å². The minimum atomic E-state index is -0.469. The first-order valence-corrected chi connectivity index (χ1v) is 10.4. The van der Waals surface area contributed by atoms with Gasteiger partial charge in [-0.3, -0.25) is 0 Å². The molecule has 0 saturated carbocycles. The minimum Gasteiger partial charge on any atom is -0.449 e. The normalized spacial score (nSPS) is 18.5. The summed E-state index contributed by atoms with van der Waals surface area (Å²) in [6, 6.07) is 15.0. The second-order valence-electron chi connectivity index (χ2n) is 8.28. The molecule has 1 aromatic heterocycles. The van der Waals surface area contributed by atoms with Crippen LogP contribution in [0.1, 0.15) is 30.0 Å². The summed E-state index contributed by atoms with van der Waals surface area (Å²) < 4.78 is 5.42. The molecule has 3 aromatic rings. The number of nitrogens with one attached hydrogen (secondary N) is 1. The second kappa shape index (κ2) is 7.74. The van der Waals surface area contributed by atoms with Crippen LogP contribution in [0, 0.1) is 6.92 Å². The van der Waals surface area contributed by atoms with Gasteiger partial charge in [0.2, 0.25) is 5.96 Å². The zero-order chi connectivity index (χ0) is 20.6. The molecule has 1 fully saturated rings. The first-order valence-electron chi connectivity index (χ1n) is 10.4. The number of nitrogens with zero attached hydrogens (tertiary/aromatic N) is 4. The number of aryl methyl sites for hydroxylation is 1. The van der Waals surface area contributed by atoms with E-state index in [1.54, 1.807) is 6.26 Å². The zero-order valence-electron chi connectivity index (χ0n) is 17.5. The Hall–Kier alpha value is -2.90. The molecule has 2 aliphatic rings. The monoisotopic (exact) mass is 405 g/mol. The van der Waals surface area contributed by atoms with Gasteiger partial charge in [0.15, 0.2) is 11.6 Å². The van der Waals surface area contributed by atoms with Gasteiger partial charge in [0.05, 0.1) is 12.2 Å². The number of piperidine rings is 1. The van der Waals surface area contributed by atoms with Crippen LogP contribution in [0.5, 0.6) is 0 Å². The van der Waals surface area contributed by atoms with Crippen molar-refractivity contribution in [2.75, 3.05) is 20.1 Å². The first-order chi connectivity index (χ1) is 14.6. The number of oxazole rings is 1. The average Bonchev–Trinajstić information content (AvgIpc) is 3.36. The molecule has 1 saturated heterocycles. The van der Waals surface area contributed by atoms with E-state index in [9.17, 15) is 0 Å². The number of aromatic nitrogens is 1. The third-order valence-electron chi connectivity index (χ3n) is 5.92. The van der Waals surface area contributed by atoms with Crippen LogP contribution < -0.4 is 5.48 Å². The highest BCUT2D eigenvalue weighted by Gasteiger charge is 2.40. The van der Waals surface area contributed by atoms with Gasteiger partial charge in [0.1, 0.15) is 6.26 Å². The summed E-state index contributed by atoms with van der Waals surface area (Å²) in [6.07, 6.45) is 3.48. The predicted molar refractivity (Wildman–Crippen MR) is 116 cm³/mol. The van der Waals surface area contributed by atoms with Crippen LogP contribution >= 0.6 is 0 Å². The van der Waals surface area contributed by atoms with Crippen molar-refractivity contribution < 1.29 is 9.25 Å². The molecule has 0 atom stereocenters. The Morgan fingerprint density at radius 1 is 1.10 bits per heavy atom. The Morgan fingerprint density at radius 3 is 2.67 bits per heavy atom. The quantitative estimate of drug-likeness (QED) is 0.717. The van der Waals surface area contributed by atoms with E-state index in [0.717, 1.165) is 37.6 Å². The van der Waals surface area contributed by atoms with E-state index in [0.29, 0.717) is 19.0 Å². The maximum atomic E-state index is 6.01. The van der Waals surface area contributed by atoms with Crippen LogP contribution in [0.2, 0.25) is 0 Å². The fraction of sp³-hybridized carbons (Fsp3) is 0.391. The highest BCUT2D eigenvalue weighted by molar-refractivity contribution is 5.83. The Balaban J connectivity index is 1.42. The smallest absolute Gasteiger partial charge is 0.222 e. The van der Waals surface area contributed by atoms with E-state index in [2.05, 4.69) is 69.8 Å². The lowest BCUT2D eigenvalue weighted by Crippen LogP contribution is -2.43. The molecule has 7 nitrogen and oxygen atoms in total. The Labute approximate surface area is 176 Å². The number of benzene rings is 2. The lowest BCUT2D eigenvalue weighted by molar-refractivity contribution is -0.0875. The number of likely N-dealkylation sites (tertiary alicyclic amines) is 1. The molecular formula is C23H27N5O2. The van der Waals surface area contributed by atoms with Gasteiger partial charge in [0.25, 0.3) is 0 Å². The molecule has 0 amide bonds. The summed E-state index contributed by atoms with van der Waals surface area (Å²) >= 11 is 0. The average molecular weight is 406 g/mol. The van der Waals surface area contributed by atoms with Gasteiger partial charge in [-0.1, -0.05) is 36.4 Å². The number of fused-ring (bicyclic) bond motifs is 1. The molecule has 7 heteroatoms. The highest BCUT2D eigenvalue weighted by atomic mass is 16.7. The van der Waals surface area contributed by atoms with Gasteiger partial charge < -0.3 is 14.2 Å². The van der Waals surface area contributed by atoms with Crippen LogP contribution in [0.15, 0.2) is 58.1 Å². The van der Waals surface area contributed by atoms with Gasteiger partial charge in [-0.2, -0.15) is 0 Å². The lowest BCUT2D eigenvalue weighted by atomic mass is 10.0. The summed E-state index contributed by atoms with van der Waals surface area (Å²) in [5.74, 6) is 1.42. The number of hydrogen-bond donors (Lipinski definition) is 1. The zero-order valence-corrected chi connectivity index (χ0v) is 17.5. The second-order valence-corrected chi connectivity index (χ2v) is 8.28. The maximum Gasteiger partial charge on any atom is 0.222 e. The van der Waals surface area contributed by atoms with Crippen LogP contribution in [-0.4, -0.2) is 46.6 Å². The molecule has 2 aromatic carbocycles. The molecule has 156 valence electrons. The third-order valence-corrected chi connectivity index (χ3v) is 5.92. The molecule has 0 aliphatic carbocycles. The Kier molecular flexibility index (Phi) is 4.92. The molecule has 1 spiro atoms. The highest BCUT2D eigenvalue weighted by Crippen LogP contribution is 2.30. The largest absolute Gasteiger partial charge is 0.449 e. The number of hydroxylamine groups is 1. The minimum absolute atomic E-state index is 0.469. The molecule has 30 heavy (non-hydrogen) atoms. The molecule has 0 unspecified atom stereocenters. The van der Waals surface area contributed by atoms with E-state index in [1.165, 1.54) is 16.3 Å². The van der Waals surface area contributed by atoms with E-state index in [1.807, 2.05) is 6.92 Å². The number of guanidine groups is 1. The number of hydrogen-bond acceptors (Lipinski definition) is 7. The summed E-state index contributed by atoms with van der Waals surface area (Å²) in [4.78, 5) is 20.0. The number of aliphatic imine (C=N–C) groups is 1. The van der Waals surface area contributed by atoms with Crippen molar-refractivity contribution in [1.82, 2.24) is 20.3 Å². The van der Waals surface area contributed by atoms with Crippen molar-refractivity contribution in [2.24, 2.45) is 4.99 Å². The van der Waals surface area contributed by atoms with Crippen LogP contribution in [0.4, 0.5) is 0 Å². The van der Waals surface area contributed by atoms with Gasteiger partial charge >= 0.3 is 0 Å². The standard InChI is InChI=1S/C23H27N5O2/c1-17-24-21(16-29-17)15-28(14-18-7-8-19-5-3-4-6-20(19)13-18)22-25-23(30-26-22)9-11-27(2)12-10-23/h3-8,13,16H,9-12,14-15H2,1-2H3,(H,25,26). The van der Waals surface area contributed by atoms with Crippen LogP contribution in [0.3, 0.4) is 0 Å². The fourth-order valence-electron chi connectivity index (χ4n) is 4.14. The van der Waals surface area contributed by atoms with Crippen molar-refractivity contribution in [3.63, 3.8) is 0 Å². The van der Waals surface area contributed by atoms with E-state index < -0.39 is 5.72 Å². The molecule has 2 aliphatic heterocycles. The van der Waals surface area contributed by atoms with Crippen molar-refractivity contribution in [3.05, 3.63) is 65.9 Å². The fourth-order valence-corrected chi connectivity index (χ4v) is 4.14. The van der Waals surface area contributed by atoms with Gasteiger partial charge in [-0.05, 0) is 29.4 Å². The van der Waals surface area contributed by atoms with Crippen molar-refractivity contribution in [2.45, 2.75) is 38.6 Å². The molecule has 0 radical (unpaired) electrons. The summed E-state index contributed by atoms with van der Waals surface area (Å²) in [6.45, 7) is 5.10. The summed E-state index contributed by atoms with van der Waals surface area (Å²) in [5.41, 5.74) is 4.73. The Bertz CT molecular complexity index is 1070.